The Hall–Kier alpha value is -2.19. The first-order valence-electron chi connectivity index (χ1n) is 7.18. The fraction of sp³-hybridized carbons (Fsp3) is 0.211. The quantitative estimate of drug-likeness (QED) is 0.776. The Morgan fingerprint density at radius 2 is 1.67 bits per heavy atom. The van der Waals surface area contributed by atoms with Gasteiger partial charge in [0.25, 0.3) is 0 Å². The van der Waals surface area contributed by atoms with Crippen LogP contribution < -0.4 is 0 Å². The van der Waals surface area contributed by atoms with E-state index in [0.29, 0.717) is 0 Å². The summed E-state index contributed by atoms with van der Waals surface area (Å²) in [6.07, 6.45) is 1.19. The average molecular weight is 277 g/mol. The van der Waals surface area contributed by atoms with Crippen molar-refractivity contribution in [2.75, 3.05) is 0 Å². The van der Waals surface area contributed by atoms with Crippen LogP contribution in [0.3, 0.4) is 0 Å². The van der Waals surface area contributed by atoms with Crippen LogP contribution in [0.25, 0.3) is 10.9 Å². The van der Waals surface area contributed by atoms with Gasteiger partial charge in [0.1, 0.15) is 0 Å². The van der Waals surface area contributed by atoms with Gasteiger partial charge in [-0.1, -0.05) is 62.4 Å². The Bertz CT molecular complexity index is 744. The van der Waals surface area contributed by atoms with E-state index < -0.39 is 6.10 Å². The number of aromatic nitrogens is 1. The van der Waals surface area contributed by atoms with Gasteiger partial charge in [-0.2, -0.15) is 0 Å². The maximum absolute atomic E-state index is 11.0. The van der Waals surface area contributed by atoms with E-state index in [1.54, 1.807) is 6.20 Å². The molecule has 2 aromatic carbocycles. The van der Waals surface area contributed by atoms with E-state index in [1.165, 1.54) is 0 Å². The lowest BCUT2D eigenvalue weighted by Gasteiger charge is -2.32. The van der Waals surface area contributed by atoms with Crippen LogP contribution in [0.2, 0.25) is 0 Å². The molecule has 1 aromatic heterocycles. The second-order valence-electron chi connectivity index (χ2n) is 5.91. The Kier molecular flexibility index (Phi) is 3.48. The van der Waals surface area contributed by atoms with Crippen molar-refractivity contribution in [3.05, 3.63) is 78.0 Å². The minimum absolute atomic E-state index is 0.370. The molecule has 0 saturated heterocycles. The Balaban J connectivity index is 2.10. The van der Waals surface area contributed by atoms with E-state index in [0.717, 1.165) is 22.0 Å². The second-order valence-corrected chi connectivity index (χ2v) is 5.91. The number of benzene rings is 2. The van der Waals surface area contributed by atoms with Gasteiger partial charge >= 0.3 is 0 Å². The number of hydrogen-bond donors (Lipinski definition) is 1. The zero-order chi connectivity index (χ0) is 14.9. The molecule has 0 aliphatic rings. The second kappa shape index (κ2) is 5.30. The molecule has 3 rings (SSSR count). The molecule has 1 unspecified atom stereocenters. The SMILES string of the molecule is CC(C)(c1ccccc1)C(O)c1cccc2ncccc12. The van der Waals surface area contributed by atoms with Crippen molar-refractivity contribution in [3.8, 4) is 0 Å². The summed E-state index contributed by atoms with van der Waals surface area (Å²) < 4.78 is 0. The van der Waals surface area contributed by atoms with E-state index in [9.17, 15) is 5.11 Å². The minimum Gasteiger partial charge on any atom is -0.387 e. The highest BCUT2D eigenvalue weighted by Gasteiger charge is 2.31. The van der Waals surface area contributed by atoms with Crippen molar-refractivity contribution in [1.29, 1.82) is 0 Å². The summed E-state index contributed by atoms with van der Waals surface area (Å²) in [5.41, 5.74) is 2.59. The summed E-state index contributed by atoms with van der Waals surface area (Å²) in [4.78, 5) is 4.37. The number of hydrogen-bond acceptors (Lipinski definition) is 2. The van der Waals surface area contributed by atoms with Crippen LogP contribution in [-0.4, -0.2) is 10.1 Å². The molecule has 1 N–H and O–H groups in total. The average Bonchev–Trinajstić information content (AvgIpc) is 2.54. The number of pyridine rings is 1. The first-order chi connectivity index (χ1) is 10.1. The Labute approximate surface area is 125 Å². The molecule has 0 saturated carbocycles. The van der Waals surface area contributed by atoms with Crippen LogP contribution in [0.15, 0.2) is 66.9 Å². The zero-order valence-corrected chi connectivity index (χ0v) is 12.3. The van der Waals surface area contributed by atoms with Crippen molar-refractivity contribution in [1.82, 2.24) is 4.98 Å². The predicted octanol–water partition coefficient (Wildman–Crippen LogP) is 4.25. The first-order valence-corrected chi connectivity index (χ1v) is 7.18. The van der Waals surface area contributed by atoms with E-state index in [-0.39, 0.29) is 5.41 Å². The Morgan fingerprint density at radius 3 is 2.43 bits per heavy atom. The maximum Gasteiger partial charge on any atom is 0.0887 e. The lowest BCUT2D eigenvalue weighted by Crippen LogP contribution is -2.27. The van der Waals surface area contributed by atoms with Gasteiger partial charge in [-0.3, -0.25) is 4.98 Å². The topological polar surface area (TPSA) is 33.1 Å². The third kappa shape index (κ3) is 2.43. The molecule has 2 nitrogen and oxygen atoms in total. The van der Waals surface area contributed by atoms with E-state index in [1.807, 2.05) is 48.5 Å². The molecule has 0 fully saturated rings. The van der Waals surface area contributed by atoms with Crippen molar-refractivity contribution < 1.29 is 5.11 Å². The van der Waals surface area contributed by atoms with Gasteiger partial charge in [0, 0.05) is 17.0 Å². The normalized spacial score (nSPS) is 13.3. The third-order valence-corrected chi connectivity index (χ3v) is 4.18. The Morgan fingerprint density at radius 1 is 0.905 bits per heavy atom. The lowest BCUT2D eigenvalue weighted by atomic mass is 9.76. The smallest absolute Gasteiger partial charge is 0.0887 e. The standard InChI is InChI=1S/C19H19NO/c1-19(2,14-8-4-3-5-9-14)18(21)16-10-6-12-17-15(16)11-7-13-20-17/h3-13,18,21H,1-2H3. The molecule has 1 atom stereocenters. The van der Waals surface area contributed by atoms with Crippen LogP contribution in [0, 0.1) is 0 Å². The van der Waals surface area contributed by atoms with Gasteiger partial charge in [0.15, 0.2) is 0 Å². The van der Waals surface area contributed by atoms with Gasteiger partial charge in [-0.15, -0.1) is 0 Å². The molecule has 0 aliphatic heterocycles. The van der Waals surface area contributed by atoms with Gasteiger partial charge < -0.3 is 5.11 Å². The number of aliphatic hydroxyl groups excluding tert-OH is 1. The van der Waals surface area contributed by atoms with Crippen molar-refractivity contribution in [3.63, 3.8) is 0 Å². The van der Waals surface area contributed by atoms with Crippen LogP contribution in [0.5, 0.6) is 0 Å². The highest BCUT2D eigenvalue weighted by molar-refractivity contribution is 5.82. The number of fused-ring (bicyclic) bond motifs is 1. The molecular weight excluding hydrogens is 258 g/mol. The molecule has 3 aromatic rings. The highest BCUT2D eigenvalue weighted by atomic mass is 16.3. The van der Waals surface area contributed by atoms with E-state index in [4.69, 9.17) is 0 Å². The molecule has 1 heterocycles. The van der Waals surface area contributed by atoms with Gasteiger partial charge in [0.2, 0.25) is 0 Å². The molecule has 0 radical (unpaired) electrons. The van der Waals surface area contributed by atoms with Gasteiger partial charge in [-0.05, 0) is 23.3 Å². The summed E-state index contributed by atoms with van der Waals surface area (Å²) in [6.45, 7) is 4.14. The van der Waals surface area contributed by atoms with Crippen molar-refractivity contribution >= 4 is 10.9 Å². The highest BCUT2D eigenvalue weighted by Crippen LogP contribution is 2.38. The molecule has 0 aliphatic carbocycles. The first kappa shape index (κ1) is 13.8. The summed E-state index contributed by atoms with van der Waals surface area (Å²) in [7, 11) is 0. The van der Waals surface area contributed by atoms with Crippen LogP contribution in [0.1, 0.15) is 31.1 Å². The number of rotatable bonds is 3. The van der Waals surface area contributed by atoms with Crippen LogP contribution in [-0.2, 0) is 5.41 Å². The monoisotopic (exact) mass is 277 g/mol. The molecule has 106 valence electrons. The van der Waals surface area contributed by atoms with Gasteiger partial charge in [-0.25, -0.2) is 0 Å². The summed E-state index contributed by atoms with van der Waals surface area (Å²) in [5, 5.41) is 12.0. The van der Waals surface area contributed by atoms with Crippen LogP contribution >= 0.6 is 0 Å². The molecule has 0 spiro atoms. The molecule has 2 heteroatoms. The van der Waals surface area contributed by atoms with Gasteiger partial charge in [0.05, 0.1) is 11.6 Å². The zero-order valence-electron chi connectivity index (χ0n) is 12.3. The molecule has 0 amide bonds. The molecular formula is C19H19NO. The molecule has 0 bridgehead atoms. The number of nitrogens with zero attached hydrogens (tertiary/aromatic N) is 1. The van der Waals surface area contributed by atoms with E-state index >= 15 is 0 Å². The van der Waals surface area contributed by atoms with Crippen LogP contribution in [0.4, 0.5) is 0 Å². The fourth-order valence-electron chi connectivity index (χ4n) is 2.78. The van der Waals surface area contributed by atoms with Crippen molar-refractivity contribution in [2.24, 2.45) is 0 Å². The largest absolute Gasteiger partial charge is 0.387 e. The maximum atomic E-state index is 11.0. The lowest BCUT2D eigenvalue weighted by molar-refractivity contribution is 0.102. The summed E-state index contributed by atoms with van der Waals surface area (Å²) >= 11 is 0. The predicted molar refractivity (Wildman–Crippen MR) is 86.2 cm³/mol. The van der Waals surface area contributed by atoms with Crippen molar-refractivity contribution in [2.45, 2.75) is 25.4 Å². The summed E-state index contributed by atoms with van der Waals surface area (Å²) in [5.74, 6) is 0. The fourth-order valence-corrected chi connectivity index (χ4v) is 2.78. The minimum atomic E-state index is -0.590. The summed E-state index contributed by atoms with van der Waals surface area (Å²) in [6, 6.07) is 20.0. The third-order valence-electron chi connectivity index (χ3n) is 4.18. The van der Waals surface area contributed by atoms with E-state index in [2.05, 4.69) is 31.0 Å². The molecule has 21 heavy (non-hydrogen) atoms. The number of aliphatic hydroxyl groups is 1.